The first-order valence-corrected chi connectivity index (χ1v) is 5.55. The molecule has 0 radical (unpaired) electrons. The van der Waals surface area contributed by atoms with Crippen molar-refractivity contribution in [1.82, 2.24) is 0 Å². The molecule has 0 unspecified atom stereocenters. The van der Waals surface area contributed by atoms with E-state index in [1.54, 1.807) is 6.07 Å². The number of hydrogen-bond donors (Lipinski definition) is 1. The van der Waals surface area contributed by atoms with Crippen LogP contribution >= 0.6 is 0 Å². The Kier molecular flexibility index (Phi) is 2.07. The second kappa shape index (κ2) is 3.35. The Morgan fingerprint density at radius 3 is 2.50 bits per heavy atom. The molecule has 0 saturated heterocycles. The molecular weight excluding hydrogens is 209 g/mol. The van der Waals surface area contributed by atoms with Gasteiger partial charge < -0.3 is 15.2 Å². The van der Waals surface area contributed by atoms with Crippen molar-refractivity contribution in [3.63, 3.8) is 0 Å². The van der Waals surface area contributed by atoms with Crippen LogP contribution < -0.4 is 15.2 Å². The molecule has 0 atom stereocenters. The third-order valence-corrected chi connectivity index (χ3v) is 3.46. The van der Waals surface area contributed by atoms with Crippen LogP contribution in [0.2, 0.25) is 0 Å². The number of hydrogen-bond acceptors (Lipinski definition) is 3. The normalized spacial score (nSPS) is 20.6. The summed E-state index contributed by atoms with van der Waals surface area (Å²) in [6, 6.07) is 3.22. The van der Waals surface area contributed by atoms with Crippen molar-refractivity contribution in [2.45, 2.75) is 18.3 Å². The monoisotopic (exact) mass is 223 g/mol. The van der Waals surface area contributed by atoms with Crippen molar-refractivity contribution >= 4 is 0 Å². The maximum atomic E-state index is 13.5. The van der Waals surface area contributed by atoms with Gasteiger partial charge in [0.1, 0.15) is 13.2 Å². The van der Waals surface area contributed by atoms with E-state index in [0.717, 1.165) is 18.4 Å². The Bertz CT molecular complexity index is 429. The Morgan fingerprint density at radius 2 is 1.88 bits per heavy atom. The van der Waals surface area contributed by atoms with Crippen molar-refractivity contribution in [1.29, 1.82) is 0 Å². The minimum atomic E-state index is -0.355. The van der Waals surface area contributed by atoms with Gasteiger partial charge in [-0.15, -0.1) is 0 Å². The Morgan fingerprint density at radius 1 is 1.19 bits per heavy atom. The van der Waals surface area contributed by atoms with Gasteiger partial charge in [0.25, 0.3) is 0 Å². The highest BCUT2D eigenvalue weighted by Crippen LogP contribution is 2.53. The number of nitrogens with two attached hydrogens (primary N) is 1. The minimum Gasteiger partial charge on any atom is -0.486 e. The van der Waals surface area contributed by atoms with E-state index in [1.807, 2.05) is 0 Å². The Balaban J connectivity index is 2.12. The molecule has 0 bridgehead atoms. The van der Waals surface area contributed by atoms with Gasteiger partial charge in [-0.1, -0.05) is 6.07 Å². The van der Waals surface area contributed by atoms with E-state index in [2.05, 4.69) is 0 Å². The minimum absolute atomic E-state index is 0.00150. The Labute approximate surface area is 93.3 Å². The van der Waals surface area contributed by atoms with Crippen molar-refractivity contribution in [3.05, 3.63) is 23.5 Å². The van der Waals surface area contributed by atoms with E-state index < -0.39 is 0 Å². The summed E-state index contributed by atoms with van der Waals surface area (Å²) in [5.74, 6) is 0.462. The topological polar surface area (TPSA) is 44.5 Å². The summed E-state index contributed by atoms with van der Waals surface area (Å²) < 4.78 is 24.4. The fraction of sp³-hybridized carbons (Fsp3) is 0.500. The Hall–Kier alpha value is -1.29. The van der Waals surface area contributed by atoms with E-state index in [-0.39, 0.29) is 17.0 Å². The molecule has 1 aromatic carbocycles. The van der Waals surface area contributed by atoms with Gasteiger partial charge in [-0.05, 0) is 18.9 Å². The van der Waals surface area contributed by atoms with Crippen LogP contribution in [0.25, 0.3) is 0 Å². The van der Waals surface area contributed by atoms with Gasteiger partial charge in [-0.2, -0.15) is 0 Å². The SMILES string of the molecule is NCC1(c2ccc(F)c3c2OCCO3)CC1. The highest BCUT2D eigenvalue weighted by Gasteiger charge is 2.46. The van der Waals surface area contributed by atoms with Gasteiger partial charge in [0.2, 0.25) is 0 Å². The molecule has 3 rings (SSSR count). The van der Waals surface area contributed by atoms with Crippen LogP contribution in [0.1, 0.15) is 18.4 Å². The summed E-state index contributed by atoms with van der Waals surface area (Å²) in [4.78, 5) is 0. The number of benzene rings is 1. The summed E-state index contributed by atoms with van der Waals surface area (Å²) in [5, 5.41) is 0. The summed E-state index contributed by atoms with van der Waals surface area (Å²) in [6.07, 6.45) is 2.09. The lowest BCUT2D eigenvalue weighted by Gasteiger charge is -2.24. The van der Waals surface area contributed by atoms with E-state index >= 15 is 0 Å². The van der Waals surface area contributed by atoms with Crippen LogP contribution in [0.15, 0.2) is 12.1 Å². The molecule has 2 aliphatic rings. The third-order valence-electron chi connectivity index (χ3n) is 3.46. The smallest absolute Gasteiger partial charge is 0.197 e. The van der Waals surface area contributed by atoms with Crippen molar-refractivity contribution in [2.75, 3.05) is 19.8 Å². The van der Waals surface area contributed by atoms with E-state index in [4.69, 9.17) is 15.2 Å². The molecule has 2 N–H and O–H groups in total. The van der Waals surface area contributed by atoms with Crippen LogP contribution in [0.5, 0.6) is 11.5 Å². The van der Waals surface area contributed by atoms with Gasteiger partial charge in [0, 0.05) is 17.5 Å². The molecule has 1 aliphatic carbocycles. The lowest BCUT2D eigenvalue weighted by molar-refractivity contribution is 0.161. The van der Waals surface area contributed by atoms with E-state index in [0.29, 0.717) is 25.5 Å². The van der Waals surface area contributed by atoms with Crippen molar-refractivity contribution < 1.29 is 13.9 Å². The third kappa shape index (κ3) is 1.29. The number of rotatable bonds is 2. The average molecular weight is 223 g/mol. The van der Waals surface area contributed by atoms with E-state index in [1.165, 1.54) is 6.07 Å². The first-order valence-electron chi connectivity index (χ1n) is 5.55. The van der Waals surface area contributed by atoms with Gasteiger partial charge in [-0.3, -0.25) is 0 Å². The second-order valence-electron chi connectivity index (χ2n) is 4.43. The summed E-state index contributed by atoms with van der Waals surface area (Å²) in [5.41, 5.74) is 6.79. The van der Waals surface area contributed by atoms with Crippen LogP contribution in [0.3, 0.4) is 0 Å². The molecule has 0 aromatic heterocycles. The molecule has 1 fully saturated rings. The highest BCUT2D eigenvalue weighted by atomic mass is 19.1. The van der Waals surface area contributed by atoms with Gasteiger partial charge in [0.15, 0.2) is 17.3 Å². The zero-order valence-electron chi connectivity index (χ0n) is 8.96. The van der Waals surface area contributed by atoms with Crippen LogP contribution in [-0.2, 0) is 5.41 Å². The van der Waals surface area contributed by atoms with Crippen LogP contribution in [0, 0.1) is 5.82 Å². The largest absolute Gasteiger partial charge is 0.486 e. The number of fused-ring (bicyclic) bond motifs is 1. The van der Waals surface area contributed by atoms with Crippen LogP contribution in [-0.4, -0.2) is 19.8 Å². The zero-order valence-corrected chi connectivity index (χ0v) is 8.96. The van der Waals surface area contributed by atoms with Crippen LogP contribution in [0.4, 0.5) is 4.39 Å². The van der Waals surface area contributed by atoms with Gasteiger partial charge in [-0.25, -0.2) is 4.39 Å². The van der Waals surface area contributed by atoms with Crippen molar-refractivity contribution in [3.8, 4) is 11.5 Å². The predicted molar refractivity (Wildman–Crippen MR) is 57.4 cm³/mol. The fourth-order valence-electron chi connectivity index (χ4n) is 2.26. The summed E-state index contributed by atoms with van der Waals surface area (Å²) in [6.45, 7) is 1.46. The predicted octanol–water partition coefficient (Wildman–Crippen LogP) is 1.59. The molecule has 4 heteroatoms. The van der Waals surface area contributed by atoms with Gasteiger partial charge in [0.05, 0.1) is 0 Å². The lowest BCUT2D eigenvalue weighted by atomic mass is 9.94. The molecule has 1 heterocycles. The summed E-state index contributed by atoms with van der Waals surface area (Å²) in [7, 11) is 0. The molecule has 1 aromatic rings. The molecule has 3 nitrogen and oxygen atoms in total. The molecule has 16 heavy (non-hydrogen) atoms. The maximum Gasteiger partial charge on any atom is 0.197 e. The lowest BCUT2D eigenvalue weighted by Crippen LogP contribution is -2.24. The molecule has 0 amide bonds. The number of halogens is 1. The second-order valence-corrected chi connectivity index (χ2v) is 4.43. The molecule has 86 valence electrons. The highest BCUT2D eigenvalue weighted by molar-refractivity contribution is 5.53. The number of ether oxygens (including phenoxy) is 2. The first kappa shape index (κ1) is 9.90. The van der Waals surface area contributed by atoms with E-state index in [9.17, 15) is 4.39 Å². The maximum absolute atomic E-state index is 13.5. The molecule has 0 spiro atoms. The van der Waals surface area contributed by atoms with Crippen molar-refractivity contribution in [2.24, 2.45) is 5.73 Å². The average Bonchev–Trinajstić information content (AvgIpc) is 3.11. The molecule has 1 saturated carbocycles. The zero-order chi connectivity index (χ0) is 11.2. The molecule has 1 aliphatic heterocycles. The molecular formula is C12H14FNO2. The first-order chi connectivity index (χ1) is 7.77. The quantitative estimate of drug-likeness (QED) is 0.828. The summed E-state index contributed by atoms with van der Waals surface area (Å²) >= 11 is 0. The van der Waals surface area contributed by atoms with Gasteiger partial charge >= 0.3 is 0 Å². The fourth-order valence-corrected chi connectivity index (χ4v) is 2.26. The standard InChI is InChI=1S/C12H14FNO2/c13-9-2-1-8(12(7-14)3-4-12)10-11(9)16-6-5-15-10/h1-2H,3-7,14H2.